The van der Waals surface area contributed by atoms with Crippen LogP contribution in [0.4, 0.5) is 0 Å². The van der Waals surface area contributed by atoms with E-state index in [9.17, 15) is 4.79 Å². The Balaban J connectivity index is 1.77. The number of hydrogen-bond donors (Lipinski definition) is 2. The zero-order valence-electron chi connectivity index (χ0n) is 12.6. The first-order chi connectivity index (χ1) is 10.7. The van der Waals surface area contributed by atoms with Crippen LogP contribution in [-0.4, -0.2) is 17.6 Å². The van der Waals surface area contributed by atoms with Crippen molar-refractivity contribution < 1.29 is 9.90 Å². The molecule has 0 bridgehead atoms. The Bertz CT molecular complexity index is 623. The van der Waals surface area contributed by atoms with Crippen LogP contribution < -0.4 is 5.32 Å². The predicted octanol–water partition coefficient (Wildman–Crippen LogP) is 4.26. The summed E-state index contributed by atoms with van der Waals surface area (Å²) in [6, 6.07) is 16.1. The SMILES string of the molecule is O=C(O)c1ccc(-c2ccc([C@@H]3CCCCCN3)cc2)cc1. The molecule has 0 saturated carbocycles. The summed E-state index contributed by atoms with van der Waals surface area (Å²) in [5.74, 6) is -0.888. The second-order valence-electron chi connectivity index (χ2n) is 5.86. The molecule has 1 atom stereocenters. The molecule has 0 aromatic heterocycles. The number of benzene rings is 2. The highest BCUT2D eigenvalue weighted by molar-refractivity contribution is 5.88. The first kappa shape index (κ1) is 14.8. The zero-order chi connectivity index (χ0) is 15.4. The smallest absolute Gasteiger partial charge is 0.335 e. The molecule has 0 amide bonds. The molecule has 0 aliphatic carbocycles. The molecule has 2 aromatic rings. The van der Waals surface area contributed by atoms with Gasteiger partial charge in [-0.25, -0.2) is 4.79 Å². The van der Waals surface area contributed by atoms with E-state index in [1.54, 1.807) is 12.1 Å². The molecular formula is C19H21NO2. The van der Waals surface area contributed by atoms with Crippen LogP contribution in [0.3, 0.4) is 0 Å². The minimum atomic E-state index is -0.888. The maximum absolute atomic E-state index is 10.9. The van der Waals surface area contributed by atoms with Gasteiger partial charge in [0.2, 0.25) is 0 Å². The Morgan fingerprint density at radius 2 is 1.55 bits per heavy atom. The standard InChI is InChI=1S/C19H21NO2/c21-19(22)17-11-7-15(8-12-17)14-5-9-16(10-6-14)18-4-2-1-3-13-20-18/h5-12,18,20H,1-4,13H2,(H,21,22)/t18-/m0/s1. The fourth-order valence-electron chi connectivity index (χ4n) is 3.03. The van der Waals surface area contributed by atoms with E-state index in [0.29, 0.717) is 11.6 Å². The van der Waals surface area contributed by atoms with Crippen molar-refractivity contribution in [2.24, 2.45) is 0 Å². The summed E-state index contributed by atoms with van der Waals surface area (Å²) in [5, 5.41) is 12.6. The Kier molecular flexibility index (Phi) is 4.54. The molecule has 3 nitrogen and oxygen atoms in total. The number of aromatic carboxylic acids is 1. The average molecular weight is 295 g/mol. The van der Waals surface area contributed by atoms with Crippen molar-refractivity contribution in [1.82, 2.24) is 5.32 Å². The van der Waals surface area contributed by atoms with Crippen molar-refractivity contribution in [2.45, 2.75) is 31.7 Å². The Morgan fingerprint density at radius 3 is 2.18 bits per heavy atom. The summed E-state index contributed by atoms with van der Waals surface area (Å²) in [6.45, 7) is 1.10. The van der Waals surface area contributed by atoms with Gasteiger partial charge >= 0.3 is 5.97 Å². The zero-order valence-corrected chi connectivity index (χ0v) is 12.6. The van der Waals surface area contributed by atoms with E-state index in [2.05, 4.69) is 29.6 Å². The van der Waals surface area contributed by atoms with Crippen LogP contribution in [0.5, 0.6) is 0 Å². The largest absolute Gasteiger partial charge is 0.478 e. The first-order valence-electron chi connectivity index (χ1n) is 7.91. The van der Waals surface area contributed by atoms with Crippen LogP contribution in [0.1, 0.15) is 47.6 Å². The van der Waals surface area contributed by atoms with Crippen molar-refractivity contribution in [2.75, 3.05) is 6.54 Å². The third-order valence-corrected chi connectivity index (χ3v) is 4.34. The van der Waals surface area contributed by atoms with Crippen LogP contribution in [0.15, 0.2) is 48.5 Å². The molecule has 2 N–H and O–H groups in total. The van der Waals surface area contributed by atoms with E-state index >= 15 is 0 Å². The molecule has 2 aromatic carbocycles. The summed E-state index contributed by atoms with van der Waals surface area (Å²) < 4.78 is 0. The van der Waals surface area contributed by atoms with Gasteiger partial charge in [-0.3, -0.25) is 0 Å². The normalized spacial score (nSPS) is 18.6. The lowest BCUT2D eigenvalue weighted by molar-refractivity contribution is 0.0697. The van der Waals surface area contributed by atoms with Crippen LogP contribution in [-0.2, 0) is 0 Å². The highest BCUT2D eigenvalue weighted by Gasteiger charge is 2.13. The fraction of sp³-hybridized carbons (Fsp3) is 0.316. The van der Waals surface area contributed by atoms with Crippen LogP contribution >= 0.6 is 0 Å². The summed E-state index contributed by atoms with van der Waals surface area (Å²) in [6.07, 6.45) is 5.07. The second-order valence-corrected chi connectivity index (χ2v) is 5.86. The van der Waals surface area contributed by atoms with Crippen molar-refractivity contribution in [3.8, 4) is 11.1 Å². The molecule has 1 aliphatic rings. The summed E-state index contributed by atoms with van der Waals surface area (Å²) in [4.78, 5) is 10.9. The molecule has 0 radical (unpaired) electrons. The van der Waals surface area contributed by atoms with E-state index in [4.69, 9.17) is 5.11 Å². The van der Waals surface area contributed by atoms with E-state index < -0.39 is 5.97 Å². The summed E-state index contributed by atoms with van der Waals surface area (Å²) >= 11 is 0. The Morgan fingerprint density at radius 1 is 0.909 bits per heavy atom. The third-order valence-electron chi connectivity index (χ3n) is 4.34. The van der Waals surface area contributed by atoms with Gasteiger partial charge in [0.05, 0.1) is 5.56 Å². The van der Waals surface area contributed by atoms with Crippen LogP contribution in [0.2, 0.25) is 0 Å². The van der Waals surface area contributed by atoms with Gasteiger partial charge in [-0.15, -0.1) is 0 Å². The van der Waals surface area contributed by atoms with Gasteiger partial charge in [-0.2, -0.15) is 0 Å². The molecular weight excluding hydrogens is 274 g/mol. The van der Waals surface area contributed by atoms with E-state index in [0.717, 1.165) is 17.7 Å². The fourth-order valence-corrected chi connectivity index (χ4v) is 3.03. The highest BCUT2D eigenvalue weighted by atomic mass is 16.4. The number of nitrogens with one attached hydrogen (secondary N) is 1. The molecule has 1 fully saturated rings. The Labute approximate surface area is 131 Å². The topological polar surface area (TPSA) is 49.3 Å². The summed E-state index contributed by atoms with van der Waals surface area (Å²) in [5.41, 5.74) is 3.83. The molecule has 1 heterocycles. The summed E-state index contributed by atoms with van der Waals surface area (Å²) in [7, 11) is 0. The van der Waals surface area contributed by atoms with Gasteiger partial charge in [0, 0.05) is 6.04 Å². The number of rotatable bonds is 3. The van der Waals surface area contributed by atoms with Gasteiger partial charge in [0.25, 0.3) is 0 Å². The molecule has 114 valence electrons. The van der Waals surface area contributed by atoms with Crippen molar-refractivity contribution in [3.05, 3.63) is 59.7 Å². The van der Waals surface area contributed by atoms with E-state index in [1.165, 1.54) is 31.2 Å². The van der Waals surface area contributed by atoms with Gasteiger partial charge in [-0.1, -0.05) is 49.2 Å². The van der Waals surface area contributed by atoms with Crippen molar-refractivity contribution >= 4 is 5.97 Å². The van der Waals surface area contributed by atoms with E-state index in [-0.39, 0.29) is 0 Å². The maximum atomic E-state index is 10.9. The molecule has 1 aliphatic heterocycles. The monoisotopic (exact) mass is 295 g/mol. The molecule has 3 heteroatoms. The molecule has 22 heavy (non-hydrogen) atoms. The van der Waals surface area contributed by atoms with Gasteiger partial charge < -0.3 is 10.4 Å². The van der Waals surface area contributed by atoms with Gasteiger partial charge in [0.1, 0.15) is 0 Å². The molecule has 1 saturated heterocycles. The molecule has 0 unspecified atom stereocenters. The lowest BCUT2D eigenvalue weighted by Crippen LogP contribution is -2.20. The number of carboxylic acids is 1. The second kappa shape index (κ2) is 6.75. The molecule has 0 spiro atoms. The minimum Gasteiger partial charge on any atom is -0.478 e. The van der Waals surface area contributed by atoms with Gasteiger partial charge in [-0.05, 0) is 48.2 Å². The van der Waals surface area contributed by atoms with Crippen molar-refractivity contribution in [3.63, 3.8) is 0 Å². The number of carbonyl (C=O) groups is 1. The highest BCUT2D eigenvalue weighted by Crippen LogP contribution is 2.26. The minimum absolute atomic E-state index is 0.322. The van der Waals surface area contributed by atoms with Crippen molar-refractivity contribution in [1.29, 1.82) is 0 Å². The van der Waals surface area contributed by atoms with E-state index in [1.807, 2.05) is 12.1 Å². The lowest BCUT2D eigenvalue weighted by Gasteiger charge is -2.16. The van der Waals surface area contributed by atoms with Crippen LogP contribution in [0, 0.1) is 0 Å². The molecule has 3 rings (SSSR count). The lowest BCUT2D eigenvalue weighted by atomic mass is 9.98. The predicted molar refractivity (Wildman–Crippen MR) is 88.0 cm³/mol. The first-order valence-corrected chi connectivity index (χ1v) is 7.91. The quantitative estimate of drug-likeness (QED) is 0.889. The maximum Gasteiger partial charge on any atom is 0.335 e. The number of carboxylic acid groups (broad SMARTS) is 1. The van der Waals surface area contributed by atoms with Crippen LogP contribution in [0.25, 0.3) is 11.1 Å². The number of hydrogen-bond acceptors (Lipinski definition) is 2. The van der Waals surface area contributed by atoms with Gasteiger partial charge in [0.15, 0.2) is 0 Å². The average Bonchev–Trinajstić information content (AvgIpc) is 2.84. The third kappa shape index (κ3) is 3.37. The Hall–Kier alpha value is -2.13.